The van der Waals surface area contributed by atoms with Gasteiger partial charge in [-0.25, -0.2) is 4.79 Å². The number of nitrogens with zero attached hydrogens (tertiary/aromatic N) is 2. The lowest BCUT2D eigenvalue weighted by atomic mass is 9.81. The second kappa shape index (κ2) is 25.0. The van der Waals surface area contributed by atoms with Gasteiger partial charge in [0.25, 0.3) is 11.7 Å². The van der Waals surface area contributed by atoms with Crippen LogP contribution >= 0.6 is 0 Å². The van der Waals surface area contributed by atoms with Gasteiger partial charge in [-0.15, -0.1) is 6.58 Å². The van der Waals surface area contributed by atoms with E-state index in [4.69, 9.17) is 28.4 Å². The number of rotatable bonds is 11. The SMILES string of the molecule is C=CCC1C=C(C)C(O)C(C)CC(OC)C2OC(O)(C(=O)C(=O)N3CCCCC3C(=O)OC(C(C)=CC3CCC(Oc4ccc5c(ccn5Cc5ccccc5)c4)C(OC)C3)C(C)CCC1=O)C(C)CC2OC. The number of aliphatic hydroxyl groups excluding tert-OH is 1. The number of ether oxygens (including phenoxy) is 6. The second-order valence-electron chi connectivity index (χ2n) is 21.4. The van der Waals surface area contributed by atoms with Crippen LogP contribution in [0.3, 0.4) is 0 Å². The number of carbonyl (C=O) groups excluding carboxylic acids is 4. The van der Waals surface area contributed by atoms with Crippen molar-refractivity contribution in [1.82, 2.24) is 9.47 Å². The van der Waals surface area contributed by atoms with Crippen molar-refractivity contribution in [3.63, 3.8) is 0 Å². The van der Waals surface area contributed by atoms with Gasteiger partial charge in [-0.05, 0) is 137 Å². The topological polar surface area (TPSA) is 172 Å². The van der Waals surface area contributed by atoms with E-state index < -0.39 is 77.8 Å². The normalized spacial score (nSPS) is 33.8. The Kier molecular flexibility index (Phi) is 19.1. The van der Waals surface area contributed by atoms with Crippen molar-refractivity contribution in [2.45, 2.75) is 166 Å². The summed E-state index contributed by atoms with van der Waals surface area (Å²) >= 11 is 0. The first kappa shape index (κ1) is 55.8. The second-order valence-corrected chi connectivity index (χ2v) is 21.4. The zero-order valence-electron chi connectivity index (χ0n) is 44.3. The average Bonchev–Trinajstić information content (AvgIpc) is 3.79. The van der Waals surface area contributed by atoms with Crippen molar-refractivity contribution >= 4 is 34.3 Å². The summed E-state index contributed by atoms with van der Waals surface area (Å²) in [5.41, 5.74) is 3.76. The van der Waals surface area contributed by atoms with Crippen LogP contribution in [0, 0.1) is 29.6 Å². The minimum Gasteiger partial charge on any atom is -0.488 e. The van der Waals surface area contributed by atoms with E-state index in [1.807, 2.05) is 39.0 Å². The molecule has 4 heterocycles. The molecule has 3 fully saturated rings. The number of benzene rings is 2. The van der Waals surface area contributed by atoms with E-state index in [0.29, 0.717) is 37.7 Å². The van der Waals surface area contributed by atoms with Crippen LogP contribution in [0.2, 0.25) is 0 Å². The Hall–Kier alpha value is -4.96. The van der Waals surface area contributed by atoms with Crippen LogP contribution in [-0.4, -0.2) is 126 Å². The fourth-order valence-electron chi connectivity index (χ4n) is 11.8. The van der Waals surface area contributed by atoms with Crippen LogP contribution in [0.25, 0.3) is 10.9 Å². The fourth-order valence-corrected chi connectivity index (χ4v) is 11.8. The van der Waals surface area contributed by atoms with Crippen molar-refractivity contribution in [1.29, 1.82) is 0 Å². The molecule has 14 heteroatoms. The molecule has 14 atom stereocenters. The number of hydrogen-bond donors (Lipinski definition) is 2. The molecule has 0 radical (unpaired) electrons. The zero-order valence-corrected chi connectivity index (χ0v) is 44.3. The standard InChI is InChI=1S/C59H80N2O12/c1-10-16-44-30-37(3)53(63)38(4)31-51(69-8)55-52(70-9)32-40(6)59(67,73-55)56(64)57(65)61-27-15-14-19-47(61)58(66)72-54(36(2)20-24-48(44)62)39(5)29-42-21-25-49(50(33-42)68-7)71-45-22-23-46-43(34-45)26-28-60(46)35-41-17-12-11-13-18-41/h10-13,17-18,22-23,26,28-30,34,36,38,40,42,44,47,49-55,63,67H,1,14-16,19-21,24-25,27,31-33,35H2,2-9H3. The van der Waals surface area contributed by atoms with Crippen LogP contribution in [0.15, 0.2) is 96.7 Å². The van der Waals surface area contributed by atoms with Crippen molar-refractivity contribution < 1.29 is 57.8 Å². The number of hydrogen-bond acceptors (Lipinski definition) is 12. The Bertz CT molecular complexity index is 2450. The van der Waals surface area contributed by atoms with Crippen LogP contribution in [0.5, 0.6) is 5.75 Å². The summed E-state index contributed by atoms with van der Waals surface area (Å²) in [6.07, 6.45) is 8.13. The van der Waals surface area contributed by atoms with Gasteiger partial charge < -0.3 is 48.1 Å². The van der Waals surface area contributed by atoms with Gasteiger partial charge >= 0.3 is 5.97 Å². The predicted octanol–water partition coefficient (Wildman–Crippen LogP) is 8.73. The largest absolute Gasteiger partial charge is 0.488 e. The van der Waals surface area contributed by atoms with E-state index in [2.05, 4.69) is 65.9 Å². The summed E-state index contributed by atoms with van der Waals surface area (Å²) in [6.45, 7) is 14.0. The maximum atomic E-state index is 14.6. The number of aliphatic hydroxyl groups is 2. The maximum Gasteiger partial charge on any atom is 0.329 e. The molecule has 0 spiro atoms. The number of piperidine rings is 1. The summed E-state index contributed by atoms with van der Waals surface area (Å²) in [7, 11) is 4.69. The maximum absolute atomic E-state index is 14.6. The number of amides is 1. The van der Waals surface area contributed by atoms with Gasteiger partial charge in [-0.2, -0.15) is 0 Å². The number of cyclic esters (lactones) is 1. The van der Waals surface area contributed by atoms with Gasteiger partial charge in [0, 0.05) is 69.8 Å². The highest BCUT2D eigenvalue weighted by Gasteiger charge is 2.57. The number of allylic oxidation sites excluding steroid dienone is 3. The third-order valence-corrected chi connectivity index (χ3v) is 16.2. The summed E-state index contributed by atoms with van der Waals surface area (Å²) < 4.78 is 39.5. The molecule has 2 N–H and O–H groups in total. The lowest BCUT2D eigenvalue weighted by Gasteiger charge is -2.47. The molecule has 4 aliphatic rings. The highest BCUT2D eigenvalue weighted by molar-refractivity contribution is 6.39. The average molecular weight is 1010 g/mol. The van der Waals surface area contributed by atoms with Crippen molar-refractivity contribution in [2.75, 3.05) is 27.9 Å². The van der Waals surface area contributed by atoms with Crippen LogP contribution in [-0.2, 0) is 49.4 Å². The van der Waals surface area contributed by atoms with E-state index in [9.17, 15) is 29.4 Å². The lowest BCUT2D eigenvalue weighted by molar-refractivity contribution is -0.302. The molecule has 14 unspecified atom stereocenters. The molecule has 3 aliphatic heterocycles. The molecule has 1 aromatic heterocycles. The summed E-state index contributed by atoms with van der Waals surface area (Å²) in [6, 6.07) is 17.6. The minimum atomic E-state index is -2.56. The molecule has 1 saturated carbocycles. The number of fused-ring (bicyclic) bond motifs is 4. The first-order valence-electron chi connectivity index (χ1n) is 26.5. The van der Waals surface area contributed by atoms with E-state index >= 15 is 0 Å². The Morgan fingerprint density at radius 1 is 0.863 bits per heavy atom. The Morgan fingerprint density at radius 2 is 1.59 bits per heavy atom. The van der Waals surface area contributed by atoms with Crippen molar-refractivity contribution in [3.8, 4) is 5.75 Å². The third-order valence-electron chi connectivity index (χ3n) is 16.2. The molecule has 73 heavy (non-hydrogen) atoms. The quantitative estimate of drug-likeness (QED) is 0.107. The van der Waals surface area contributed by atoms with E-state index in [1.54, 1.807) is 27.0 Å². The number of Topliss-reactive ketones (excluding diaryl/α,β-unsaturated/α-hetero) is 2. The highest BCUT2D eigenvalue weighted by atomic mass is 16.7. The van der Waals surface area contributed by atoms with Crippen LogP contribution < -0.4 is 4.74 Å². The molecule has 2 aromatic carbocycles. The van der Waals surface area contributed by atoms with E-state index in [1.165, 1.54) is 24.7 Å². The molecule has 398 valence electrons. The molecule has 2 saturated heterocycles. The first-order valence-corrected chi connectivity index (χ1v) is 26.5. The number of ketones is 2. The van der Waals surface area contributed by atoms with E-state index in [0.717, 1.165) is 41.6 Å². The highest BCUT2D eigenvalue weighted by Crippen LogP contribution is 2.40. The van der Waals surface area contributed by atoms with Gasteiger partial charge in [0.05, 0.1) is 24.4 Å². The predicted molar refractivity (Wildman–Crippen MR) is 278 cm³/mol. The van der Waals surface area contributed by atoms with Gasteiger partial charge in [0.2, 0.25) is 5.79 Å². The Morgan fingerprint density at radius 3 is 2.30 bits per heavy atom. The fraction of sp³-hybridized carbons (Fsp3) is 0.593. The summed E-state index contributed by atoms with van der Waals surface area (Å²) in [4.78, 5) is 58.9. The molecule has 14 nitrogen and oxygen atoms in total. The molecule has 2 bridgehead atoms. The molecular formula is C59H80N2O12. The number of methoxy groups -OCH3 is 3. The van der Waals surface area contributed by atoms with Crippen LogP contribution in [0.4, 0.5) is 0 Å². The van der Waals surface area contributed by atoms with Gasteiger partial charge in [-0.3, -0.25) is 14.4 Å². The Balaban J connectivity index is 1.14. The van der Waals surface area contributed by atoms with E-state index in [-0.39, 0.29) is 62.1 Å². The van der Waals surface area contributed by atoms with Gasteiger partial charge in [-0.1, -0.05) is 69.3 Å². The molecule has 3 aromatic rings. The molecule has 1 amide bonds. The lowest BCUT2D eigenvalue weighted by Crippen LogP contribution is -2.64. The molecule has 1 aliphatic carbocycles. The zero-order chi connectivity index (χ0) is 52.6. The minimum absolute atomic E-state index is 0.0296. The van der Waals surface area contributed by atoms with Gasteiger partial charge in [0.1, 0.15) is 35.9 Å². The number of carbonyl (C=O) groups is 4. The summed E-state index contributed by atoms with van der Waals surface area (Å²) in [5.74, 6) is -6.79. The third kappa shape index (κ3) is 12.9. The summed E-state index contributed by atoms with van der Waals surface area (Å²) in [5, 5.41) is 25.0. The van der Waals surface area contributed by atoms with Gasteiger partial charge in [0.15, 0.2) is 0 Å². The first-order chi connectivity index (χ1) is 35.0. The Labute approximate surface area is 432 Å². The molecule has 7 rings (SSSR count). The van der Waals surface area contributed by atoms with Crippen molar-refractivity contribution in [2.24, 2.45) is 29.6 Å². The van der Waals surface area contributed by atoms with Crippen molar-refractivity contribution in [3.05, 3.63) is 102 Å². The smallest absolute Gasteiger partial charge is 0.329 e. The number of aromatic nitrogens is 1. The van der Waals surface area contributed by atoms with Crippen LogP contribution in [0.1, 0.15) is 111 Å². The monoisotopic (exact) mass is 1010 g/mol. The number of esters is 1. The molecular weight excluding hydrogens is 929 g/mol.